The molecule has 9 nitrogen and oxygen atoms in total. The van der Waals surface area contributed by atoms with Gasteiger partial charge in [-0.15, -0.1) is 14.8 Å². The minimum absolute atomic E-state index is 0.123. The van der Waals surface area contributed by atoms with Crippen LogP contribution in [0.15, 0.2) is 24.5 Å². The van der Waals surface area contributed by atoms with Crippen molar-refractivity contribution in [2.45, 2.75) is 39.2 Å². The molecule has 31 heavy (non-hydrogen) atoms. The van der Waals surface area contributed by atoms with Gasteiger partial charge in [0.1, 0.15) is 5.82 Å². The number of carbonyl (C=O) groups excluding carboxylic acids is 1. The van der Waals surface area contributed by atoms with Crippen molar-refractivity contribution in [1.29, 1.82) is 0 Å². The van der Waals surface area contributed by atoms with Crippen molar-refractivity contribution in [2.75, 3.05) is 19.4 Å². The maximum Gasteiger partial charge on any atom is 0.212 e. The maximum absolute atomic E-state index is 14.3. The number of imidazole rings is 1. The van der Waals surface area contributed by atoms with Gasteiger partial charge in [0.05, 0.1) is 11.9 Å². The highest BCUT2D eigenvalue weighted by Crippen LogP contribution is 2.24. The summed E-state index contributed by atoms with van der Waals surface area (Å²) in [5, 5.41) is 11.0. The molecule has 1 aliphatic rings. The Morgan fingerprint density at radius 3 is 2.52 bits per heavy atom. The molecule has 1 saturated carbocycles. The minimum atomic E-state index is -0.513. The molecule has 4 heterocycles. The minimum Gasteiger partial charge on any atom is -0.312 e. The SMILES string of the molecule is CN(C)C1CCC1.Cc1nc2c(C)cc(-c3cc(F)c4nc(NC=O)cn4c3)nn2n1. The molecule has 0 aliphatic heterocycles. The average molecular weight is 424 g/mol. The Bertz CT molecular complexity index is 1240. The van der Waals surface area contributed by atoms with Crippen LogP contribution in [0, 0.1) is 19.7 Å². The molecule has 1 aliphatic carbocycles. The lowest BCUT2D eigenvalue weighted by Gasteiger charge is -2.31. The van der Waals surface area contributed by atoms with Gasteiger partial charge < -0.3 is 14.6 Å². The van der Waals surface area contributed by atoms with Crippen molar-refractivity contribution in [3.63, 3.8) is 0 Å². The highest BCUT2D eigenvalue weighted by Gasteiger charge is 2.18. The molecule has 0 aromatic carbocycles. The van der Waals surface area contributed by atoms with E-state index in [-0.39, 0.29) is 11.5 Å². The van der Waals surface area contributed by atoms with Crippen molar-refractivity contribution in [3.05, 3.63) is 41.7 Å². The monoisotopic (exact) mass is 424 g/mol. The number of hydrogen-bond donors (Lipinski definition) is 1. The smallest absolute Gasteiger partial charge is 0.212 e. The van der Waals surface area contributed by atoms with Crippen LogP contribution in [0.2, 0.25) is 0 Å². The van der Waals surface area contributed by atoms with Crippen molar-refractivity contribution >= 4 is 23.5 Å². The number of fused-ring (bicyclic) bond motifs is 2. The van der Waals surface area contributed by atoms with Gasteiger partial charge >= 0.3 is 0 Å². The van der Waals surface area contributed by atoms with E-state index in [1.165, 1.54) is 40.6 Å². The fraction of sp³-hybridized carbons (Fsp3) is 0.381. The summed E-state index contributed by atoms with van der Waals surface area (Å²) in [7, 11) is 4.31. The fourth-order valence-electron chi connectivity index (χ4n) is 3.49. The summed E-state index contributed by atoms with van der Waals surface area (Å²) in [6.45, 7) is 3.68. The second-order valence-corrected chi connectivity index (χ2v) is 7.93. The first-order valence-electron chi connectivity index (χ1n) is 10.1. The first-order valence-corrected chi connectivity index (χ1v) is 10.1. The van der Waals surface area contributed by atoms with E-state index in [0.29, 0.717) is 29.1 Å². The van der Waals surface area contributed by atoms with Crippen LogP contribution >= 0.6 is 0 Å². The van der Waals surface area contributed by atoms with Crippen molar-refractivity contribution in [1.82, 2.24) is 34.1 Å². The van der Waals surface area contributed by atoms with Gasteiger partial charge in [-0.3, -0.25) is 4.79 Å². The molecule has 4 aromatic rings. The van der Waals surface area contributed by atoms with Gasteiger partial charge in [0.25, 0.3) is 0 Å². The maximum atomic E-state index is 14.3. The fourth-order valence-corrected chi connectivity index (χ4v) is 3.49. The van der Waals surface area contributed by atoms with Crippen LogP contribution in [0.5, 0.6) is 0 Å². The summed E-state index contributed by atoms with van der Waals surface area (Å²) < 4.78 is 17.3. The number of nitrogens with one attached hydrogen (secondary N) is 1. The summed E-state index contributed by atoms with van der Waals surface area (Å²) in [6.07, 6.45) is 8.01. The van der Waals surface area contributed by atoms with Crippen LogP contribution in [0.4, 0.5) is 10.2 Å². The summed E-state index contributed by atoms with van der Waals surface area (Å²) >= 11 is 0. The number of amides is 1. The molecule has 0 atom stereocenters. The third kappa shape index (κ3) is 4.24. The van der Waals surface area contributed by atoms with Crippen molar-refractivity contribution in [3.8, 4) is 11.3 Å². The van der Waals surface area contributed by atoms with E-state index in [0.717, 1.165) is 11.6 Å². The molecule has 162 valence electrons. The molecular weight excluding hydrogens is 399 g/mol. The number of carbonyl (C=O) groups is 1. The highest BCUT2D eigenvalue weighted by molar-refractivity contribution is 5.71. The molecule has 0 radical (unpaired) electrons. The third-order valence-corrected chi connectivity index (χ3v) is 5.42. The van der Waals surface area contributed by atoms with Gasteiger partial charge in [0.15, 0.2) is 22.9 Å². The van der Waals surface area contributed by atoms with Gasteiger partial charge in [-0.25, -0.2) is 14.4 Å². The second kappa shape index (κ2) is 8.38. The van der Waals surface area contributed by atoms with Crippen LogP contribution in [-0.4, -0.2) is 60.6 Å². The standard InChI is InChI=1S/C15H12FN7O.C6H13N/c1-8-3-12(21-23-14(8)18-9(2)20-23)10-4-11(16)15-19-13(17-7-24)6-22(15)5-10;1-7(2)6-4-3-5-6/h3-7H,1-2H3,(H,17,24);6H,3-5H2,1-2H3. The van der Waals surface area contributed by atoms with Crippen LogP contribution < -0.4 is 5.32 Å². The van der Waals surface area contributed by atoms with E-state index in [4.69, 9.17) is 0 Å². The van der Waals surface area contributed by atoms with Gasteiger partial charge in [0, 0.05) is 17.8 Å². The summed E-state index contributed by atoms with van der Waals surface area (Å²) in [4.78, 5) is 21.1. The average Bonchev–Trinajstić information content (AvgIpc) is 3.23. The lowest BCUT2D eigenvalue weighted by Crippen LogP contribution is -2.33. The number of aromatic nitrogens is 6. The zero-order valence-corrected chi connectivity index (χ0v) is 18.0. The molecule has 10 heteroatoms. The number of pyridine rings is 1. The van der Waals surface area contributed by atoms with E-state index in [2.05, 4.69) is 44.5 Å². The van der Waals surface area contributed by atoms with Gasteiger partial charge in [0.2, 0.25) is 6.41 Å². The number of rotatable bonds is 4. The Hall–Kier alpha value is -3.40. The summed E-state index contributed by atoms with van der Waals surface area (Å²) in [5.74, 6) is 0.372. The predicted octanol–water partition coefficient (Wildman–Crippen LogP) is 2.86. The van der Waals surface area contributed by atoms with Crippen molar-refractivity contribution in [2.24, 2.45) is 0 Å². The van der Waals surface area contributed by atoms with E-state index >= 15 is 0 Å². The van der Waals surface area contributed by atoms with Crippen LogP contribution in [0.25, 0.3) is 22.6 Å². The van der Waals surface area contributed by atoms with Crippen LogP contribution in [0.3, 0.4) is 0 Å². The van der Waals surface area contributed by atoms with Crippen LogP contribution in [0.1, 0.15) is 30.7 Å². The first kappa shape index (κ1) is 20.9. The van der Waals surface area contributed by atoms with Crippen molar-refractivity contribution < 1.29 is 9.18 Å². The Morgan fingerprint density at radius 2 is 1.90 bits per heavy atom. The number of anilines is 1. The zero-order chi connectivity index (χ0) is 22.1. The topological polar surface area (TPSA) is 92.7 Å². The molecule has 0 saturated heterocycles. The van der Waals surface area contributed by atoms with Gasteiger partial charge in [-0.2, -0.15) is 0 Å². The Labute approximate surface area is 178 Å². The molecule has 5 rings (SSSR count). The van der Waals surface area contributed by atoms with Crippen LogP contribution in [-0.2, 0) is 4.79 Å². The number of halogens is 1. The summed E-state index contributed by atoms with van der Waals surface area (Å²) in [6, 6.07) is 4.09. The lowest BCUT2D eigenvalue weighted by atomic mass is 9.92. The largest absolute Gasteiger partial charge is 0.312 e. The van der Waals surface area contributed by atoms with E-state index < -0.39 is 5.82 Å². The van der Waals surface area contributed by atoms with Gasteiger partial charge in [-0.05, 0) is 58.5 Å². The molecule has 0 bridgehead atoms. The molecule has 0 spiro atoms. The highest BCUT2D eigenvalue weighted by atomic mass is 19.1. The summed E-state index contributed by atoms with van der Waals surface area (Å²) in [5.41, 5.74) is 2.79. The molecule has 0 unspecified atom stereocenters. The molecule has 4 aromatic heterocycles. The van der Waals surface area contributed by atoms with E-state index in [1.54, 1.807) is 13.1 Å². The predicted molar refractivity (Wildman–Crippen MR) is 115 cm³/mol. The number of nitrogens with zero attached hydrogens (tertiary/aromatic N) is 7. The van der Waals surface area contributed by atoms with Gasteiger partial charge in [-0.1, -0.05) is 6.42 Å². The lowest BCUT2D eigenvalue weighted by molar-refractivity contribution is -0.105. The molecular formula is C21H25FN8O. The van der Waals surface area contributed by atoms with E-state index in [1.807, 2.05) is 13.0 Å². The number of aryl methyl sites for hydroxylation is 2. The molecule has 1 N–H and O–H groups in total. The zero-order valence-electron chi connectivity index (χ0n) is 18.0. The second-order valence-electron chi connectivity index (χ2n) is 7.93. The number of hydrogen-bond acceptors (Lipinski definition) is 6. The Morgan fingerprint density at radius 1 is 1.13 bits per heavy atom. The quantitative estimate of drug-likeness (QED) is 0.507. The molecule has 1 fully saturated rings. The Balaban J connectivity index is 0.000000282. The van der Waals surface area contributed by atoms with E-state index in [9.17, 15) is 9.18 Å². The molecule has 1 amide bonds. The Kier molecular flexibility index (Phi) is 5.64. The normalized spacial score (nSPS) is 13.9. The first-order chi connectivity index (χ1) is 14.9. The third-order valence-electron chi connectivity index (χ3n) is 5.42.